The first-order valence-corrected chi connectivity index (χ1v) is 6.58. The van der Waals surface area contributed by atoms with Gasteiger partial charge in [0, 0.05) is 6.04 Å². The lowest BCUT2D eigenvalue weighted by molar-refractivity contribution is 0.598. The molecule has 2 aromatic carbocycles. The predicted octanol–water partition coefficient (Wildman–Crippen LogP) is 3.90. The smallest absolute Gasteiger partial charge is 0.0991 e. The van der Waals surface area contributed by atoms with E-state index in [1.165, 1.54) is 5.56 Å². The number of hydrogen-bond acceptors (Lipinski definition) is 2. The molecule has 0 aromatic heterocycles. The van der Waals surface area contributed by atoms with Crippen LogP contribution in [0.3, 0.4) is 0 Å². The van der Waals surface area contributed by atoms with Gasteiger partial charge in [-0.3, -0.25) is 0 Å². The summed E-state index contributed by atoms with van der Waals surface area (Å²) in [5.41, 5.74) is 4.20. The van der Waals surface area contributed by atoms with Crippen molar-refractivity contribution in [1.29, 1.82) is 5.26 Å². The van der Waals surface area contributed by atoms with Crippen molar-refractivity contribution in [1.82, 2.24) is 5.32 Å². The summed E-state index contributed by atoms with van der Waals surface area (Å²) in [6, 6.07) is 18.7. The molecule has 0 heterocycles. The Bertz CT molecular complexity index is 579. The maximum Gasteiger partial charge on any atom is 0.0991 e. The largest absolute Gasteiger partial charge is 0.310 e. The Morgan fingerprint density at radius 3 is 2.47 bits per heavy atom. The Kier molecular flexibility index (Phi) is 4.33. The Labute approximate surface area is 114 Å². The molecule has 2 nitrogen and oxygen atoms in total. The van der Waals surface area contributed by atoms with E-state index in [0.29, 0.717) is 11.6 Å². The molecule has 2 rings (SSSR count). The fraction of sp³-hybridized carbons (Fsp3) is 0.235. The lowest BCUT2D eigenvalue weighted by Gasteiger charge is -2.13. The molecule has 0 radical (unpaired) electrons. The SMILES string of the molecule is CCNC(C)c1ccc(-c2cccc(C#N)c2)cc1. The van der Waals surface area contributed by atoms with Gasteiger partial charge in [0.1, 0.15) is 0 Å². The molecular weight excluding hydrogens is 232 g/mol. The summed E-state index contributed by atoms with van der Waals surface area (Å²) < 4.78 is 0. The van der Waals surface area contributed by atoms with E-state index in [2.05, 4.69) is 49.5 Å². The first kappa shape index (κ1) is 13.3. The Hall–Kier alpha value is -2.11. The molecule has 19 heavy (non-hydrogen) atoms. The normalized spacial score (nSPS) is 11.8. The Morgan fingerprint density at radius 1 is 1.11 bits per heavy atom. The van der Waals surface area contributed by atoms with E-state index in [1.54, 1.807) is 0 Å². The van der Waals surface area contributed by atoms with Crippen LogP contribution in [-0.4, -0.2) is 6.54 Å². The standard InChI is InChI=1S/C17H18N2/c1-3-19-13(2)15-7-9-16(10-8-15)17-6-4-5-14(11-17)12-18/h4-11,13,19H,3H2,1-2H3. The summed E-state index contributed by atoms with van der Waals surface area (Å²) >= 11 is 0. The molecule has 1 atom stereocenters. The molecule has 0 fully saturated rings. The van der Waals surface area contributed by atoms with Gasteiger partial charge in [-0.1, -0.05) is 43.3 Å². The highest BCUT2D eigenvalue weighted by atomic mass is 14.9. The minimum Gasteiger partial charge on any atom is -0.310 e. The maximum absolute atomic E-state index is 8.93. The summed E-state index contributed by atoms with van der Waals surface area (Å²) in [4.78, 5) is 0. The first-order chi connectivity index (χ1) is 9.24. The summed E-state index contributed by atoms with van der Waals surface area (Å²) in [7, 11) is 0. The van der Waals surface area contributed by atoms with Crippen molar-refractivity contribution in [3.63, 3.8) is 0 Å². The van der Waals surface area contributed by atoms with Crippen molar-refractivity contribution in [2.45, 2.75) is 19.9 Å². The molecule has 0 amide bonds. The van der Waals surface area contributed by atoms with Gasteiger partial charge in [-0.2, -0.15) is 5.26 Å². The summed E-state index contributed by atoms with van der Waals surface area (Å²) in [6.07, 6.45) is 0. The molecule has 1 N–H and O–H groups in total. The second-order valence-electron chi connectivity index (χ2n) is 4.59. The number of benzene rings is 2. The van der Waals surface area contributed by atoms with E-state index in [4.69, 9.17) is 5.26 Å². The van der Waals surface area contributed by atoms with Crippen LogP contribution in [0.15, 0.2) is 48.5 Å². The molecule has 0 bridgehead atoms. The highest BCUT2D eigenvalue weighted by Crippen LogP contribution is 2.22. The van der Waals surface area contributed by atoms with Crippen LogP contribution in [-0.2, 0) is 0 Å². The van der Waals surface area contributed by atoms with E-state index in [9.17, 15) is 0 Å². The molecular formula is C17H18N2. The van der Waals surface area contributed by atoms with E-state index in [0.717, 1.165) is 17.7 Å². The molecule has 0 spiro atoms. The van der Waals surface area contributed by atoms with Crippen molar-refractivity contribution in [2.75, 3.05) is 6.54 Å². The third-order valence-corrected chi connectivity index (χ3v) is 3.25. The third kappa shape index (κ3) is 3.21. The Balaban J connectivity index is 2.25. The topological polar surface area (TPSA) is 35.8 Å². The van der Waals surface area contributed by atoms with E-state index < -0.39 is 0 Å². The predicted molar refractivity (Wildman–Crippen MR) is 78.7 cm³/mol. The van der Waals surface area contributed by atoms with Gasteiger partial charge in [0.2, 0.25) is 0 Å². The van der Waals surface area contributed by atoms with Gasteiger partial charge in [0.15, 0.2) is 0 Å². The highest BCUT2D eigenvalue weighted by molar-refractivity contribution is 5.65. The van der Waals surface area contributed by atoms with Crippen molar-refractivity contribution in [3.8, 4) is 17.2 Å². The lowest BCUT2D eigenvalue weighted by atomic mass is 10.00. The van der Waals surface area contributed by atoms with E-state index >= 15 is 0 Å². The van der Waals surface area contributed by atoms with Crippen LogP contribution in [0.2, 0.25) is 0 Å². The van der Waals surface area contributed by atoms with Gasteiger partial charge in [-0.15, -0.1) is 0 Å². The summed E-state index contributed by atoms with van der Waals surface area (Å²) in [5.74, 6) is 0. The minimum atomic E-state index is 0.365. The third-order valence-electron chi connectivity index (χ3n) is 3.25. The van der Waals surface area contributed by atoms with E-state index in [1.807, 2.05) is 24.3 Å². The van der Waals surface area contributed by atoms with Crippen molar-refractivity contribution < 1.29 is 0 Å². The van der Waals surface area contributed by atoms with Crippen LogP contribution in [0.5, 0.6) is 0 Å². The molecule has 0 aliphatic carbocycles. The van der Waals surface area contributed by atoms with Crippen LogP contribution < -0.4 is 5.32 Å². The van der Waals surface area contributed by atoms with E-state index in [-0.39, 0.29) is 0 Å². The first-order valence-electron chi connectivity index (χ1n) is 6.58. The highest BCUT2D eigenvalue weighted by Gasteiger charge is 2.04. The van der Waals surface area contributed by atoms with Crippen molar-refractivity contribution >= 4 is 0 Å². The number of nitriles is 1. The quantitative estimate of drug-likeness (QED) is 0.893. The van der Waals surface area contributed by atoms with Gasteiger partial charge in [0.25, 0.3) is 0 Å². The van der Waals surface area contributed by atoms with Gasteiger partial charge in [-0.25, -0.2) is 0 Å². The van der Waals surface area contributed by atoms with Crippen LogP contribution >= 0.6 is 0 Å². The summed E-state index contributed by atoms with van der Waals surface area (Å²) in [6.45, 7) is 5.24. The average molecular weight is 250 g/mol. The molecule has 1 unspecified atom stereocenters. The number of nitrogens with one attached hydrogen (secondary N) is 1. The fourth-order valence-electron chi connectivity index (χ4n) is 2.16. The van der Waals surface area contributed by atoms with Crippen LogP contribution in [0.1, 0.15) is 31.0 Å². The zero-order chi connectivity index (χ0) is 13.7. The number of hydrogen-bond donors (Lipinski definition) is 1. The zero-order valence-corrected chi connectivity index (χ0v) is 11.4. The molecule has 0 aliphatic rings. The molecule has 2 aromatic rings. The fourth-order valence-corrected chi connectivity index (χ4v) is 2.16. The maximum atomic E-state index is 8.93. The van der Waals surface area contributed by atoms with Crippen LogP contribution in [0, 0.1) is 11.3 Å². The number of rotatable bonds is 4. The molecule has 0 aliphatic heterocycles. The second-order valence-corrected chi connectivity index (χ2v) is 4.59. The molecule has 2 heteroatoms. The van der Waals surface area contributed by atoms with Crippen molar-refractivity contribution in [3.05, 3.63) is 59.7 Å². The summed E-state index contributed by atoms with van der Waals surface area (Å²) in [5, 5.41) is 12.3. The monoisotopic (exact) mass is 250 g/mol. The van der Waals surface area contributed by atoms with Gasteiger partial charge >= 0.3 is 0 Å². The molecule has 96 valence electrons. The van der Waals surface area contributed by atoms with Crippen molar-refractivity contribution in [2.24, 2.45) is 0 Å². The lowest BCUT2D eigenvalue weighted by Crippen LogP contribution is -2.17. The van der Waals surface area contributed by atoms with Crippen LogP contribution in [0.25, 0.3) is 11.1 Å². The molecule has 0 saturated heterocycles. The minimum absolute atomic E-state index is 0.365. The molecule has 0 saturated carbocycles. The van der Waals surface area contributed by atoms with Gasteiger partial charge in [0.05, 0.1) is 11.6 Å². The Morgan fingerprint density at radius 2 is 1.84 bits per heavy atom. The van der Waals surface area contributed by atoms with Gasteiger partial charge in [-0.05, 0) is 42.3 Å². The number of nitrogens with zero attached hydrogens (tertiary/aromatic N) is 1. The van der Waals surface area contributed by atoms with Gasteiger partial charge < -0.3 is 5.32 Å². The van der Waals surface area contributed by atoms with Crippen LogP contribution in [0.4, 0.5) is 0 Å². The zero-order valence-electron chi connectivity index (χ0n) is 11.4. The second kappa shape index (κ2) is 6.17. The average Bonchev–Trinajstić information content (AvgIpc) is 2.48.